The molecule has 1 fully saturated rings. The molecule has 0 saturated carbocycles. The molecule has 5 heteroatoms. The molecule has 5 nitrogen and oxygen atoms in total. The van der Waals surface area contributed by atoms with E-state index in [2.05, 4.69) is 40.7 Å². The number of nitrogens with zero attached hydrogens (tertiary/aromatic N) is 1. The maximum absolute atomic E-state index is 12.0. The maximum atomic E-state index is 12.0. The minimum atomic E-state index is -0.217. The van der Waals surface area contributed by atoms with Crippen LogP contribution in [0.2, 0.25) is 0 Å². The van der Waals surface area contributed by atoms with E-state index in [9.17, 15) is 4.79 Å². The number of hydrogen-bond acceptors (Lipinski definition) is 4. The Bertz CT molecular complexity index is 518. The number of likely N-dealkylation sites (N-methyl/N-ethyl adjacent to an activating group) is 1. The molecule has 2 atom stereocenters. The zero-order chi connectivity index (χ0) is 14.1. The molecule has 0 aromatic heterocycles. The van der Waals surface area contributed by atoms with Crippen LogP contribution in [0.5, 0.6) is 0 Å². The molecule has 1 aromatic rings. The van der Waals surface area contributed by atoms with Crippen molar-refractivity contribution in [2.24, 2.45) is 0 Å². The Kier molecular flexibility index (Phi) is 3.63. The number of morpholine rings is 1. The topological polar surface area (TPSA) is 53.6 Å². The SMILES string of the molecule is CCNC1C(=O)Nc2cc(N3CCOCC3C)ccc21. The number of ether oxygens (including phenoxy) is 1. The van der Waals surface area contributed by atoms with Crippen LogP contribution < -0.4 is 15.5 Å². The fourth-order valence-electron chi connectivity index (χ4n) is 2.95. The molecule has 2 heterocycles. The van der Waals surface area contributed by atoms with Crippen molar-refractivity contribution in [1.29, 1.82) is 0 Å². The highest BCUT2D eigenvalue weighted by Crippen LogP contribution is 2.34. The Morgan fingerprint density at radius 2 is 2.35 bits per heavy atom. The Morgan fingerprint density at radius 3 is 3.10 bits per heavy atom. The van der Waals surface area contributed by atoms with E-state index in [1.165, 1.54) is 0 Å². The van der Waals surface area contributed by atoms with Crippen molar-refractivity contribution in [2.75, 3.05) is 36.5 Å². The molecule has 2 aliphatic heterocycles. The van der Waals surface area contributed by atoms with Gasteiger partial charge in [0.15, 0.2) is 0 Å². The number of anilines is 2. The molecule has 2 aliphatic rings. The van der Waals surface area contributed by atoms with Gasteiger partial charge in [-0.1, -0.05) is 13.0 Å². The summed E-state index contributed by atoms with van der Waals surface area (Å²) in [6.07, 6.45) is 0. The molecule has 0 radical (unpaired) electrons. The minimum Gasteiger partial charge on any atom is -0.377 e. The first-order valence-corrected chi connectivity index (χ1v) is 7.23. The third kappa shape index (κ3) is 2.27. The molecular formula is C15H21N3O2. The first kappa shape index (κ1) is 13.4. The van der Waals surface area contributed by atoms with Gasteiger partial charge in [0.05, 0.1) is 13.2 Å². The van der Waals surface area contributed by atoms with Gasteiger partial charge in [0, 0.05) is 29.5 Å². The summed E-state index contributed by atoms with van der Waals surface area (Å²) in [7, 11) is 0. The van der Waals surface area contributed by atoms with Crippen molar-refractivity contribution in [3.8, 4) is 0 Å². The predicted molar refractivity (Wildman–Crippen MR) is 79.1 cm³/mol. The van der Waals surface area contributed by atoms with Crippen LogP contribution in [0.3, 0.4) is 0 Å². The summed E-state index contributed by atoms with van der Waals surface area (Å²) in [5.74, 6) is 0.0361. The molecule has 0 aliphatic carbocycles. The average Bonchev–Trinajstić information content (AvgIpc) is 2.75. The largest absolute Gasteiger partial charge is 0.377 e. The highest BCUT2D eigenvalue weighted by atomic mass is 16.5. The first-order chi connectivity index (χ1) is 9.70. The van der Waals surface area contributed by atoms with Gasteiger partial charge in [-0.15, -0.1) is 0 Å². The second-order valence-electron chi connectivity index (χ2n) is 5.37. The summed E-state index contributed by atoms with van der Waals surface area (Å²) in [4.78, 5) is 14.3. The van der Waals surface area contributed by atoms with Crippen LogP contribution in [0.25, 0.3) is 0 Å². The Labute approximate surface area is 119 Å². The fourth-order valence-corrected chi connectivity index (χ4v) is 2.95. The van der Waals surface area contributed by atoms with Gasteiger partial charge in [-0.25, -0.2) is 0 Å². The lowest BCUT2D eigenvalue weighted by atomic mass is 10.1. The number of rotatable bonds is 3. The average molecular weight is 275 g/mol. The summed E-state index contributed by atoms with van der Waals surface area (Å²) in [6.45, 7) is 7.35. The molecule has 1 aromatic carbocycles. The summed E-state index contributed by atoms with van der Waals surface area (Å²) in [5, 5.41) is 6.18. The van der Waals surface area contributed by atoms with E-state index >= 15 is 0 Å². The summed E-state index contributed by atoms with van der Waals surface area (Å²) in [5.41, 5.74) is 3.12. The van der Waals surface area contributed by atoms with Crippen molar-refractivity contribution in [2.45, 2.75) is 25.9 Å². The summed E-state index contributed by atoms with van der Waals surface area (Å²) in [6, 6.07) is 6.38. The van der Waals surface area contributed by atoms with Gasteiger partial charge in [-0.2, -0.15) is 0 Å². The molecule has 0 spiro atoms. The van der Waals surface area contributed by atoms with Crippen molar-refractivity contribution in [3.05, 3.63) is 23.8 Å². The molecule has 1 saturated heterocycles. The van der Waals surface area contributed by atoms with Crippen LogP contribution in [0.1, 0.15) is 25.5 Å². The molecule has 2 unspecified atom stereocenters. The monoisotopic (exact) mass is 275 g/mol. The number of carbonyl (C=O) groups is 1. The molecule has 1 amide bonds. The number of amides is 1. The Morgan fingerprint density at radius 1 is 1.50 bits per heavy atom. The highest BCUT2D eigenvalue weighted by molar-refractivity contribution is 6.03. The van der Waals surface area contributed by atoms with Crippen LogP contribution in [-0.4, -0.2) is 38.3 Å². The molecule has 3 rings (SSSR count). The number of carbonyl (C=O) groups excluding carboxylic acids is 1. The highest BCUT2D eigenvalue weighted by Gasteiger charge is 2.30. The Balaban J connectivity index is 1.87. The van der Waals surface area contributed by atoms with Crippen LogP contribution in [0.4, 0.5) is 11.4 Å². The Hall–Kier alpha value is -1.59. The lowest BCUT2D eigenvalue weighted by Gasteiger charge is -2.35. The smallest absolute Gasteiger partial charge is 0.246 e. The van der Waals surface area contributed by atoms with Crippen molar-refractivity contribution < 1.29 is 9.53 Å². The zero-order valence-electron chi connectivity index (χ0n) is 12.0. The van der Waals surface area contributed by atoms with Crippen LogP contribution in [0.15, 0.2) is 18.2 Å². The minimum absolute atomic E-state index is 0.0361. The maximum Gasteiger partial charge on any atom is 0.246 e. The van der Waals surface area contributed by atoms with Gasteiger partial charge in [-0.3, -0.25) is 4.79 Å². The van der Waals surface area contributed by atoms with Gasteiger partial charge >= 0.3 is 0 Å². The molecule has 108 valence electrons. The number of fused-ring (bicyclic) bond motifs is 1. The van der Waals surface area contributed by atoms with Gasteiger partial charge < -0.3 is 20.3 Å². The van der Waals surface area contributed by atoms with E-state index in [4.69, 9.17) is 4.74 Å². The van der Waals surface area contributed by atoms with Crippen molar-refractivity contribution in [3.63, 3.8) is 0 Å². The second kappa shape index (κ2) is 5.42. The number of nitrogens with one attached hydrogen (secondary N) is 2. The van der Waals surface area contributed by atoms with Gasteiger partial charge in [0.1, 0.15) is 6.04 Å². The lowest BCUT2D eigenvalue weighted by Crippen LogP contribution is -2.43. The van der Waals surface area contributed by atoms with E-state index in [-0.39, 0.29) is 11.9 Å². The van der Waals surface area contributed by atoms with E-state index in [1.807, 2.05) is 6.92 Å². The third-order valence-corrected chi connectivity index (χ3v) is 3.98. The van der Waals surface area contributed by atoms with E-state index in [1.54, 1.807) is 0 Å². The molecule has 0 bridgehead atoms. The van der Waals surface area contributed by atoms with Gasteiger partial charge in [-0.05, 0) is 25.6 Å². The van der Waals surface area contributed by atoms with E-state index in [0.29, 0.717) is 6.04 Å². The molecule has 2 N–H and O–H groups in total. The van der Waals surface area contributed by atoms with E-state index < -0.39 is 0 Å². The standard InChI is InChI=1S/C15H21N3O2/c1-3-16-14-12-5-4-11(8-13(12)17-15(14)19)18-6-7-20-9-10(18)2/h4-5,8,10,14,16H,3,6-7,9H2,1-2H3,(H,17,19). The first-order valence-electron chi connectivity index (χ1n) is 7.23. The van der Waals surface area contributed by atoms with Crippen molar-refractivity contribution in [1.82, 2.24) is 5.32 Å². The van der Waals surface area contributed by atoms with E-state index in [0.717, 1.165) is 43.2 Å². The normalized spacial score (nSPS) is 25.5. The summed E-state index contributed by atoms with van der Waals surface area (Å²) < 4.78 is 5.47. The number of hydrogen-bond donors (Lipinski definition) is 2. The quantitative estimate of drug-likeness (QED) is 0.878. The zero-order valence-corrected chi connectivity index (χ0v) is 12.0. The lowest BCUT2D eigenvalue weighted by molar-refractivity contribution is -0.117. The van der Waals surface area contributed by atoms with Crippen LogP contribution >= 0.6 is 0 Å². The second-order valence-corrected chi connectivity index (χ2v) is 5.37. The van der Waals surface area contributed by atoms with Gasteiger partial charge in [0.25, 0.3) is 0 Å². The number of benzene rings is 1. The van der Waals surface area contributed by atoms with Crippen molar-refractivity contribution >= 4 is 17.3 Å². The third-order valence-electron chi connectivity index (χ3n) is 3.98. The summed E-state index contributed by atoms with van der Waals surface area (Å²) >= 11 is 0. The predicted octanol–water partition coefficient (Wildman–Crippen LogP) is 1.51. The fraction of sp³-hybridized carbons (Fsp3) is 0.533. The molecule has 20 heavy (non-hydrogen) atoms. The van der Waals surface area contributed by atoms with Crippen LogP contribution in [-0.2, 0) is 9.53 Å². The van der Waals surface area contributed by atoms with Gasteiger partial charge in [0.2, 0.25) is 5.91 Å². The van der Waals surface area contributed by atoms with Crippen LogP contribution in [0, 0.1) is 0 Å². The molecular weight excluding hydrogens is 254 g/mol.